The predicted molar refractivity (Wildman–Crippen MR) is 101 cm³/mol. The quantitative estimate of drug-likeness (QED) is 0.472. The molecule has 0 unspecified atom stereocenters. The fourth-order valence-electron chi connectivity index (χ4n) is 4.08. The van der Waals surface area contributed by atoms with E-state index in [1.807, 2.05) is 36.4 Å². The fraction of sp³-hybridized carbons (Fsp3) is 0.182. The highest BCUT2D eigenvalue weighted by Gasteiger charge is 2.25. The fourth-order valence-corrected chi connectivity index (χ4v) is 4.08. The molecule has 3 aromatic rings. The highest BCUT2D eigenvalue weighted by molar-refractivity contribution is 6.05. The molecule has 2 aliphatic rings. The third-order valence-corrected chi connectivity index (χ3v) is 5.51. The van der Waals surface area contributed by atoms with Gasteiger partial charge in [-0.25, -0.2) is 0 Å². The number of hydrogen-bond donors (Lipinski definition) is 4. The first kappa shape index (κ1) is 15.7. The minimum absolute atomic E-state index is 0.725. The molecule has 0 saturated carbocycles. The first-order valence-electron chi connectivity index (χ1n) is 8.66. The third kappa shape index (κ3) is 2.11. The summed E-state index contributed by atoms with van der Waals surface area (Å²) in [5.74, 6) is 0. The van der Waals surface area contributed by atoms with Gasteiger partial charge < -0.3 is 20.4 Å². The van der Waals surface area contributed by atoms with Gasteiger partial charge >= 0.3 is 0 Å². The summed E-state index contributed by atoms with van der Waals surface area (Å²) >= 11 is 0. The van der Waals surface area contributed by atoms with E-state index in [9.17, 15) is 20.4 Å². The van der Waals surface area contributed by atoms with Crippen LogP contribution in [0.25, 0.3) is 33.7 Å². The number of fused-ring (bicyclic) bond motifs is 6. The van der Waals surface area contributed by atoms with Crippen molar-refractivity contribution in [2.24, 2.45) is 0 Å². The Labute approximate surface area is 150 Å². The molecule has 0 saturated heterocycles. The molecule has 26 heavy (non-hydrogen) atoms. The largest absolute Gasteiger partial charge is 0.386 e. The number of rotatable bonds is 0. The van der Waals surface area contributed by atoms with Gasteiger partial charge in [-0.2, -0.15) is 0 Å². The van der Waals surface area contributed by atoms with Crippen LogP contribution in [0.4, 0.5) is 0 Å². The molecule has 0 spiro atoms. The molecule has 130 valence electrons. The summed E-state index contributed by atoms with van der Waals surface area (Å²) in [4.78, 5) is 0. The van der Waals surface area contributed by atoms with Crippen molar-refractivity contribution in [3.63, 3.8) is 0 Å². The van der Waals surface area contributed by atoms with Crippen LogP contribution in [0.3, 0.4) is 0 Å². The summed E-state index contributed by atoms with van der Waals surface area (Å²) in [6.07, 6.45) is 3.35. The van der Waals surface area contributed by atoms with Crippen molar-refractivity contribution in [3.8, 4) is 0 Å². The monoisotopic (exact) mass is 346 g/mol. The number of aliphatic hydroxyl groups is 4. The molecular weight excluding hydrogens is 328 g/mol. The van der Waals surface area contributed by atoms with E-state index in [0.29, 0.717) is 0 Å². The van der Waals surface area contributed by atoms with E-state index in [1.165, 1.54) is 0 Å². The molecule has 3 aromatic carbocycles. The third-order valence-electron chi connectivity index (χ3n) is 5.51. The van der Waals surface area contributed by atoms with Gasteiger partial charge in [-0.05, 0) is 55.9 Å². The van der Waals surface area contributed by atoms with Gasteiger partial charge in [0.15, 0.2) is 0 Å². The summed E-state index contributed by atoms with van der Waals surface area (Å²) in [5.41, 5.74) is 3.29. The standard InChI is InChI=1S/C22H18O4/c23-19-7-5-13-15(21(19)25)3-1-11-9-18-12(10-17(11)13)2-4-16-14(18)6-8-20(24)22(16)26/h1-10,19-26H/t19-,20-,21-,22-/m1/s1. The van der Waals surface area contributed by atoms with Crippen LogP contribution in [0, 0.1) is 0 Å². The highest BCUT2D eigenvalue weighted by atomic mass is 16.3. The van der Waals surface area contributed by atoms with Gasteiger partial charge in [-0.15, -0.1) is 0 Å². The molecule has 4 atom stereocenters. The molecule has 0 bridgehead atoms. The van der Waals surface area contributed by atoms with Crippen LogP contribution < -0.4 is 0 Å². The number of hydrogen-bond acceptors (Lipinski definition) is 4. The van der Waals surface area contributed by atoms with Gasteiger partial charge in [-0.1, -0.05) is 48.6 Å². The Morgan fingerprint density at radius 3 is 1.42 bits per heavy atom. The highest BCUT2D eigenvalue weighted by Crippen LogP contribution is 2.38. The van der Waals surface area contributed by atoms with E-state index < -0.39 is 24.4 Å². The van der Waals surface area contributed by atoms with E-state index in [1.54, 1.807) is 12.2 Å². The van der Waals surface area contributed by atoms with Gasteiger partial charge in [0.25, 0.3) is 0 Å². The molecular formula is C22H18O4. The van der Waals surface area contributed by atoms with Crippen molar-refractivity contribution in [2.45, 2.75) is 24.4 Å². The Bertz CT molecular complexity index is 1020. The lowest BCUT2D eigenvalue weighted by atomic mass is 9.85. The lowest BCUT2D eigenvalue weighted by Gasteiger charge is -2.24. The maximum absolute atomic E-state index is 10.3. The molecule has 5 rings (SSSR count). The Morgan fingerprint density at radius 1 is 0.577 bits per heavy atom. The lowest BCUT2D eigenvalue weighted by Crippen LogP contribution is -2.19. The maximum Gasteiger partial charge on any atom is 0.109 e. The molecule has 4 N–H and O–H groups in total. The van der Waals surface area contributed by atoms with Crippen molar-refractivity contribution in [3.05, 3.63) is 70.8 Å². The molecule has 0 amide bonds. The minimum atomic E-state index is -0.918. The maximum atomic E-state index is 10.3. The molecule has 4 heteroatoms. The summed E-state index contributed by atoms with van der Waals surface area (Å²) in [7, 11) is 0. The molecule has 2 aliphatic carbocycles. The topological polar surface area (TPSA) is 80.9 Å². The van der Waals surface area contributed by atoms with Crippen LogP contribution in [0.2, 0.25) is 0 Å². The van der Waals surface area contributed by atoms with Crippen LogP contribution >= 0.6 is 0 Å². The zero-order chi connectivity index (χ0) is 18.0. The van der Waals surface area contributed by atoms with Gasteiger partial charge in [-0.3, -0.25) is 0 Å². The van der Waals surface area contributed by atoms with Gasteiger partial charge in [0.1, 0.15) is 24.4 Å². The Kier molecular flexibility index (Phi) is 3.33. The van der Waals surface area contributed by atoms with Crippen LogP contribution in [0.5, 0.6) is 0 Å². The smallest absolute Gasteiger partial charge is 0.109 e. The van der Waals surface area contributed by atoms with Crippen LogP contribution in [-0.4, -0.2) is 32.6 Å². The van der Waals surface area contributed by atoms with Crippen molar-refractivity contribution in [1.29, 1.82) is 0 Å². The van der Waals surface area contributed by atoms with Crippen molar-refractivity contribution < 1.29 is 20.4 Å². The number of aliphatic hydroxyl groups excluding tert-OH is 4. The van der Waals surface area contributed by atoms with Gasteiger partial charge in [0.05, 0.1) is 0 Å². The summed E-state index contributed by atoms with van der Waals surface area (Å²) in [6, 6.07) is 11.7. The summed E-state index contributed by atoms with van der Waals surface area (Å²) in [5, 5.41) is 44.3. The van der Waals surface area contributed by atoms with Crippen molar-refractivity contribution in [1.82, 2.24) is 0 Å². The SMILES string of the molecule is O[C@@H]1C=Cc2c(ccc3cc4c5c(ccc4cc23)[C@@H](O)[C@H](O)C=C5)[C@H]1O. The van der Waals surface area contributed by atoms with Crippen LogP contribution in [0.1, 0.15) is 34.5 Å². The zero-order valence-electron chi connectivity index (χ0n) is 13.9. The van der Waals surface area contributed by atoms with E-state index in [-0.39, 0.29) is 0 Å². The first-order chi connectivity index (χ1) is 12.5. The molecule has 0 fully saturated rings. The lowest BCUT2D eigenvalue weighted by molar-refractivity contribution is 0.0471. The summed E-state index contributed by atoms with van der Waals surface area (Å²) in [6.45, 7) is 0. The van der Waals surface area contributed by atoms with E-state index in [0.717, 1.165) is 43.8 Å². The van der Waals surface area contributed by atoms with Crippen molar-refractivity contribution >= 4 is 33.7 Å². The first-order valence-corrected chi connectivity index (χ1v) is 8.66. The second-order valence-corrected chi connectivity index (χ2v) is 7.02. The molecule has 4 nitrogen and oxygen atoms in total. The minimum Gasteiger partial charge on any atom is -0.386 e. The molecule has 0 heterocycles. The van der Waals surface area contributed by atoms with E-state index in [4.69, 9.17) is 0 Å². The van der Waals surface area contributed by atoms with Gasteiger partial charge in [0.2, 0.25) is 0 Å². The Balaban J connectivity index is 1.81. The average Bonchev–Trinajstić information content (AvgIpc) is 2.65. The average molecular weight is 346 g/mol. The Morgan fingerprint density at radius 2 is 1.00 bits per heavy atom. The molecule has 0 aliphatic heterocycles. The van der Waals surface area contributed by atoms with Crippen molar-refractivity contribution in [2.75, 3.05) is 0 Å². The predicted octanol–water partition coefficient (Wildman–Crippen LogP) is 2.84. The Hall–Kier alpha value is -2.50. The zero-order valence-corrected chi connectivity index (χ0v) is 13.9. The molecule has 0 aromatic heterocycles. The number of benzene rings is 3. The second-order valence-electron chi connectivity index (χ2n) is 7.02. The van der Waals surface area contributed by atoms with Crippen LogP contribution in [0.15, 0.2) is 48.6 Å². The van der Waals surface area contributed by atoms with Gasteiger partial charge in [0, 0.05) is 0 Å². The van der Waals surface area contributed by atoms with E-state index >= 15 is 0 Å². The van der Waals surface area contributed by atoms with Crippen LogP contribution in [-0.2, 0) is 0 Å². The summed E-state index contributed by atoms with van der Waals surface area (Å²) < 4.78 is 0. The molecule has 0 radical (unpaired) electrons. The second kappa shape index (κ2) is 5.50. The van der Waals surface area contributed by atoms with E-state index in [2.05, 4.69) is 12.1 Å². The normalized spacial score (nSPS) is 26.9.